The molecule has 3 rings (SSSR count). The molecule has 2 aromatic carbocycles. The van der Waals surface area contributed by atoms with E-state index in [1.165, 1.54) is 24.3 Å². The fourth-order valence-corrected chi connectivity index (χ4v) is 3.70. The van der Waals surface area contributed by atoms with Crippen LogP contribution in [-0.4, -0.2) is 46.0 Å². The molecule has 0 aromatic heterocycles. The molecule has 0 spiro atoms. The molecule has 1 aliphatic rings. The van der Waals surface area contributed by atoms with E-state index in [1.807, 2.05) is 0 Å². The maximum Gasteiger partial charge on any atom is 0.336 e. The largest absolute Gasteiger partial charge is 0.478 e. The number of nitrogens with one attached hydrogen (secondary N) is 2. The summed E-state index contributed by atoms with van der Waals surface area (Å²) in [5.74, 6) is -3.44. The average Bonchev–Trinajstić information content (AvgIpc) is 2.75. The van der Waals surface area contributed by atoms with Crippen LogP contribution in [0.2, 0.25) is 0 Å². The van der Waals surface area contributed by atoms with Crippen LogP contribution in [0.25, 0.3) is 0 Å². The lowest BCUT2D eigenvalue weighted by atomic mass is 9.89. The van der Waals surface area contributed by atoms with Crippen molar-refractivity contribution in [1.82, 2.24) is 10.6 Å². The molecule has 4 N–H and O–H groups in total. The smallest absolute Gasteiger partial charge is 0.336 e. The molecule has 0 heterocycles. The molecule has 2 atom stereocenters. The Bertz CT molecular complexity index is 908. The van der Waals surface area contributed by atoms with Gasteiger partial charge in [0.25, 0.3) is 11.8 Å². The highest BCUT2D eigenvalue weighted by Crippen LogP contribution is 2.21. The summed E-state index contributed by atoms with van der Waals surface area (Å²) in [5.41, 5.74) is -0.0858. The molecule has 2 unspecified atom stereocenters. The van der Waals surface area contributed by atoms with Crippen molar-refractivity contribution in [2.24, 2.45) is 0 Å². The predicted molar refractivity (Wildman–Crippen MR) is 108 cm³/mol. The standard InChI is InChI=1S/C22H22N2O6/c25-19(13-7-1-3-9-15(13)21(27)28)23-17-11-5-6-12-18(17)24-20(26)14-8-2-4-10-16(14)22(29)30/h1-4,7-10,17-18H,5-6,11-12H2,(H,23,25)(H,24,26)(H,27,28)(H,29,30). The highest BCUT2D eigenvalue weighted by atomic mass is 16.4. The highest BCUT2D eigenvalue weighted by molar-refractivity contribution is 6.06. The van der Waals surface area contributed by atoms with Gasteiger partial charge in [0.2, 0.25) is 0 Å². The number of hydrogen-bond donors (Lipinski definition) is 4. The third-order valence-corrected chi connectivity index (χ3v) is 5.20. The second kappa shape index (κ2) is 9.21. The normalized spacial score (nSPS) is 18.3. The van der Waals surface area contributed by atoms with Crippen LogP contribution in [0, 0.1) is 0 Å². The van der Waals surface area contributed by atoms with E-state index >= 15 is 0 Å². The minimum atomic E-state index is -1.19. The average molecular weight is 410 g/mol. The van der Waals surface area contributed by atoms with Crippen LogP contribution in [-0.2, 0) is 0 Å². The zero-order valence-electron chi connectivity index (χ0n) is 16.1. The van der Waals surface area contributed by atoms with Crippen LogP contribution in [0.3, 0.4) is 0 Å². The van der Waals surface area contributed by atoms with Gasteiger partial charge in [-0.15, -0.1) is 0 Å². The Morgan fingerprint density at radius 3 is 1.30 bits per heavy atom. The fraction of sp³-hybridized carbons (Fsp3) is 0.273. The Morgan fingerprint density at radius 1 is 0.633 bits per heavy atom. The number of amides is 2. The van der Waals surface area contributed by atoms with Gasteiger partial charge in [-0.3, -0.25) is 9.59 Å². The number of hydrogen-bond acceptors (Lipinski definition) is 4. The van der Waals surface area contributed by atoms with Gasteiger partial charge in [-0.2, -0.15) is 0 Å². The number of rotatable bonds is 6. The monoisotopic (exact) mass is 410 g/mol. The SMILES string of the molecule is O=C(O)c1ccccc1C(=O)NC1CCCCC1NC(=O)c1ccccc1C(=O)O. The van der Waals surface area contributed by atoms with Gasteiger partial charge in [-0.25, -0.2) is 9.59 Å². The van der Waals surface area contributed by atoms with Gasteiger partial charge >= 0.3 is 11.9 Å². The predicted octanol–water partition coefficient (Wildman–Crippen LogP) is 2.55. The summed E-state index contributed by atoms with van der Waals surface area (Å²) in [4.78, 5) is 48.2. The lowest BCUT2D eigenvalue weighted by molar-refractivity contribution is 0.0680. The lowest BCUT2D eigenvalue weighted by Gasteiger charge is -2.33. The minimum Gasteiger partial charge on any atom is -0.478 e. The molecular formula is C22H22N2O6. The Kier molecular flexibility index (Phi) is 6.46. The molecule has 2 amide bonds. The molecule has 8 heteroatoms. The number of carboxylic acids is 2. The topological polar surface area (TPSA) is 133 Å². The highest BCUT2D eigenvalue weighted by Gasteiger charge is 2.30. The van der Waals surface area contributed by atoms with Crippen molar-refractivity contribution in [3.05, 3.63) is 70.8 Å². The summed E-state index contributed by atoms with van der Waals surface area (Å²) in [7, 11) is 0. The quantitative estimate of drug-likeness (QED) is 0.578. The second-order valence-corrected chi connectivity index (χ2v) is 7.15. The van der Waals surface area contributed by atoms with Crippen LogP contribution >= 0.6 is 0 Å². The van der Waals surface area contributed by atoms with Crippen molar-refractivity contribution in [3.8, 4) is 0 Å². The van der Waals surface area contributed by atoms with E-state index in [0.29, 0.717) is 12.8 Å². The van der Waals surface area contributed by atoms with Gasteiger partial charge in [0, 0.05) is 12.1 Å². The van der Waals surface area contributed by atoms with Crippen LogP contribution in [0.4, 0.5) is 0 Å². The van der Waals surface area contributed by atoms with E-state index in [2.05, 4.69) is 10.6 Å². The lowest BCUT2D eigenvalue weighted by Crippen LogP contribution is -2.53. The van der Waals surface area contributed by atoms with E-state index in [9.17, 15) is 29.4 Å². The van der Waals surface area contributed by atoms with E-state index in [-0.39, 0.29) is 22.3 Å². The molecule has 0 saturated heterocycles. The fourth-order valence-electron chi connectivity index (χ4n) is 3.70. The molecule has 1 aliphatic carbocycles. The van der Waals surface area contributed by atoms with Crippen molar-refractivity contribution in [2.75, 3.05) is 0 Å². The molecular weight excluding hydrogens is 388 g/mol. The summed E-state index contributed by atoms with van der Waals surface area (Å²) in [5, 5.41) is 24.3. The zero-order valence-corrected chi connectivity index (χ0v) is 16.1. The summed E-state index contributed by atoms with van der Waals surface area (Å²) >= 11 is 0. The molecule has 1 saturated carbocycles. The van der Waals surface area contributed by atoms with Gasteiger partial charge in [0.15, 0.2) is 0 Å². The molecule has 1 fully saturated rings. The van der Waals surface area contributed by atoms with E-state index < -0.39 is 35.8 Å². The van der Waals surface area contributed by atoms with Crippen LogP contribution < -0.4 is 10.6 Å². The maximum atomic E-state index is 12.7. The van der Waals surface area contributed by atoms with Gasteiger partial charge < -0.3 is 20.8 Å². The Labute approximate surface area is 172 Å². The van der Waals surface area contributed by atoms with E-state index in [4.69, 9.17) is 0 Å². The third kappa shape index (κ3) is 4.65. The van der Waals surface area contributed by atoms with Crippen molar-refractivity contribution < 1.29 is 29.4 Å². The third-order valence-electron chi connectivity index (χ3n) is 5.20. The second-order valence-electron chi connectivity index (χ2n) is 7.15. The molecule has 8 nitrogen and oxygen atoms in total. The van der Waals surface area contributed by atoms with Crippen molar-refractivity contribution in [3.63, 3.8) is 0 Å². The Hall–Kier alpha value is -3.68. The van der Waals surface area contributed by atoms with Crippen LogP contribution in [0.1, 0.15) is 67.1 Å². The van der Waals surface area contributed by atoms with Gasteiger partial charge in [-0.05, 0) is 37.1 Å². The van der Waals surface area contributed by atoms with Gasteiger partial charge in [0.05, 0.1) is 22.3 Å². The number of carboxylic acid groups (broad SMARTS) is 2. The number of carbonyl (C=O) groups excluding carboxylic acids is 2. The first-order valence-corrected chi connectivity index (χ1v) is 9.65. The van der Waals surface area contributed by atoms with Crippen LogP contribution in [0.15, 0.2) is 48.5 Å². The molecule has 156 valence electrons. The number of carbonyl (C=O) groups is 4. The van der Waals surface area contributed by atoms with E-state index in [0.717, 1.165) is 12.8 Å². The first kappa shape index (κ1) is 21.0. The summed E-state index contributed by atoms with van der Waals surface area (Å²) in [6.45, 7) is 0. The number of aromatic carboxylic acids is 2. The first-order chi connectivity index (χ1) is 14.4. The van der Waals surface area contributed by atoms with Crippen molar-refractivity contribution >= 4 is 23.8 Å². The number of benzene rings is 2. The van der Waals surface area contributed by atoms with Gasteiger partial charge in [0.1, 0.15) is 0 Å². The Morgan fingerprint density at radius 2 is 0.967 bits per heavy atom. The molecule has 2 aromatic rings. The van der Waals surface area contributed by atoms with Gasteiger partial charge in [-0.1, -0.05) is 37.1 Å². The van der Waals surface area contributed by atoms with Crippen molar-refractivity contribution in [1.29, 1.82) is 0 Å². The summed E-state index contributed by atoms with van der Waals surface area (Å²) < 4.78 is 0. The summed E-state index contributed by atoms with van der Waals surface area (Å²) in [6.07, 6.45) is 2.94. The Balaban J connectivity index is 1.76. The summed E-state index contributed by atoms with van der Waals surface area (Å²) in [6, 6.07) is 11.1. The molecule has 0 aliphatic heterocycles. The first-order valence-electron chi connectivity index (χ1n) is 9.65. The van der Waals surface area contributed by atoms with Crippen molar-refractivity contribution in [2.45, 2.75) is 37.8 Å². The molecule has 30 heavy (non-hydrogen) atoms. The van der Waals surface area contributed by atoms with Crippen LogP contribution in [0.5, 0.6) is 0 Å². The maximum absolute atomic E-state index is 12.7. The zero-order chi connectivity index (χ0) is 21.7. The van der Waals surface area contributed by atoms with E-state index in [1.54, 1.807) is 24.3 Å². The molecule has 0 radical (unpaired) electrons. The molecule has 0 bridgehead atoms. The minimum absolute atomic E-state index is 0.0527.